The van der Waals surface area contributed by atoms with Crippen molar-refractivity contribution in [3.8, 4) is 11.1 Å². The van der Waals surface area contributed by atoms with E-state index in [0.29, 0.717) is 10.6 Å². The predicted octanol–water partition coefficient (Wildman–Crippen LogP) is 7.10. The lowest BCUT2D eigenvalue weighted by Crippen LogP contribution is -2.39. The van der Waals surface area contributed by atoms with Crippen molar-refractivity contribution in [2.24, 2.45) is 0 Å². The molecule has 0 heterocycles. The van der Waals surface area contributed by atoms with E-state index in [2.05, 4.69) is 10.6 Å². The van der Waals surface area contributed by atoms with Crippen LogP contribution in [0, 0.1) is 6.92 Å². The molecule has 0 saturated carbocycles. The molecule has 0 radical (unpaired) electrons. The molecule has 9 heteroatoms. The molecule has 0 saturated heterocycles. The van der Waals surface area contributed by atoms with Gasteiger partial charge in [-0.05, 0) is 72.9 Å². The van der Waals surface area contributed by atoms with Gasteiger partial charge in [-0.2, -0.15) is 13.2 Å². The Morgan fingerprint density at radius 1 is 1.03 bits per heavy atom. The van der Waals surface area contributed by atoms with Crippen LogP contribution in [0.25, 0.3) is 11.1 Å². The van der Waals surface area contributed by atoms with E-state index < -0.39 is 35.2 Å². The van der Waals surface area contributed by atoms with Crippen molar-refractivity contribution in [1.82, 2.24) is 5.32 Å². The lowest BCUT2D eigenvalue weighted by Gasteiger charge is -2.20. The molecule has 0 bridgehead atoms. The van der Waals surface area contributed by atoms with E-state index in [4.69, 9.17) is 16.7 Å². The maximum Gasteiger partial charge on any atom is 0.417 e. The number of hydrogen-bond acceptors (Lipinski definition) is 3. The van der Waals surface area contributed by atoms with Gasteiger partial charge in [0, 0.05) is 10.7 Å². The Morgan fingerprint density at radius 2 is 1.72 bits per heavy atom. The highest BCUT2D eigenvalue weighted by molar-refractivity contribution is 6.31. The number of benzene rings is 3. The van der Waals surface area contributed by atoms with Crippen LogP contribution >= 0.6 is 11.6 Å². The highest BCUT2D eigenvalue weighted by atomic mass is 35.5. The number of aryl methyl sites for hydroxylation is 1. The van der Waals surface area contributed by atoms with Gasteiger partial charge in [0.15, 0.2) is 0 Å². The number of rotatable bonds is 8. The van der Waals surface area contributed by atoms with Gasteiger partial charge in [0.25, 0.3) is 5.91 Å². The molecule has 5 nitrogen and oxygen atoms in total. The molecule has 0 aliphatic carbocycles. The second kappa shape index (κ2) is 11.0. The molecule has 190 valence electrons. The second-order valence-electron chi connectivity index (χ2n) is 8.49. The van der Waals surface area contributed by atoms with Crippen LogP contribution in [0.5, 0.6) is 0 Å². The van der Waals surface area contributed by atoms with Gasteiger partial charge >= 0.3 is 12.1 Å². The van der Waals surface area contributed by atoms with Crippen molar-refractivity contribution in [2.45, 2.75) is 45.5 Å². The topological polar surface area (TPSA) is 78.4 Å². The summed E-state index contributed by atoms with van der Waals surface area (Å²) < 4.78 is 41.5. The summed E-state index contributed by atoms with van der Waals surface area (Å²) in [7, 11) is 0. The van der Waals surface area contributed by atoms with E-state index in [1.165, 1.54) is 13.0 Å². The van der Waals surface area contributed by atoms with Crippen LogP contribution in [0.4, 0.5) is 18.9 Å². The summed E-state index contributed by atoms with van der Waals surface area (Å²) in [5, 5.41) is 15.1. The third kappa shape index (κ3) is 6.37. The number of aliphatic carboxylic acids is 1. The minimum atomic E-state index is -4.81. The third-order valence-corrected chi connectivity index (χ3v) is 6.24. The Kier molecular flexibility index (Phi) is 8.30. The van der Waals surface area contributed by atoms with Gasteiger partial charge in [-0.1, -0.05) is 48.9 Å². The Morgan fingerprint density at radius 3 is 2.33 bits per heavy atom. The van der Waals surface area contributed by atoms with E-state index in [1.54, 1.807) is 18.2 Å². The van der Waals surface area contributed by atoms with Crippen LogP contribution in [0.1, 0.15) is 53.4 Å². The number of carboxylic acids is 1. The zero-order chi connectivity index (χ0) is 26.6. The quantitative estimate of drug-likeness (QED) is 0.297. The van der Waals surface area contributed by atoms with Crippen LogP contribution in [-0.2, 0) is 11.0 Å². The molecule has 0 fully saturated rings. The van der Waals surface area contributed by atoms with Gasteiger partial charge in [-0.15, -0.1) is 0 Å². The van der Waals surface area contributed by atoms with Crippen LogP contribution in [0.15, 0.2) is 60.7 Å². The number of nitrogens with one attached hydrogen (secondary N) is 2. The SMILES string of the molecule is CCC(Nc1cccc(-c2ccc(C(=O)N[C@@H](C)C(=O)O)c(C(F)(F)F)c2)c1)c1ccc(Cl)c(C)c1. The first kappa shape index (κ1) is 27.1. The maximum absolute atomic E-state index is 13.8. The molecule has 0 aromatic heterocycles. The second-order valence-corrected chi connectivity index (χ2v) is 8.89. The standard InChI is InChI=1S/C27H26ClF3N2O3/c1-4-24(19-9-11-23(28)15(2)12-19)33-20-7-5-6-17(13-20)18-8-10-21(22(14-18)27(29,30)31)25(34)32-16(3)26(35)36/h5-14,16,24,33H,4H2,1-3H3,(H,32,34)(H,35,36)/t16-,24?/m0/s1. The predicted molar refractivity (Wildman–Crippen MR) is 134 cm³/mol. The number of amides is 1. The van der Waals surface area contributed by atoms with Crippen LogP contribution in [-0.4, -0.2) is 23.0 Å². The first-order valence-corrected chi connectivity index (χ1v) is 11.7. The molecule has 1 unspecified atom stereocenters. The molecule has 3 aromatic carbocycles. The molecule has 2 atom stereocenters. The summed E-state index contributed by atoms with van der Waals surface area (Å²) in [5.41, 5.74) is 1.72. The summed E-state index contributed by atoms with van der Waals surface area (Å²) >= 11 is 6.14. The number of halogens is 4. The summed E-state index contributed by atoms with van der Waals surface area (Å²) in [4.78, 5) is 23.4. The number of carboxylic acid groups (broad SMARTS) is 1. The molecule has 3 N–H and O–H groups in total. The van der Waals surface area contributed by atoms with Gasteiger partial charge < -0.3 is 15.7 Å². The minimum absolute atomic E-state index is 0.0377. The fourth-order valence-electron chi connectivity index (χ4n) is 3.79. The Balaban J connectivity index is 1.93. The largest absolute Gasteiger partial charge is 0.480 e. The highest BCUT2D eigenvalue weighted by Gasteiger charge is 2.36. The summed E-state index contributed by atoms with van der Waals surface area (Å²) in [6.45, 7) is 5.12. The van der Waals surface area contributed by atoms with Crippen molar-refractivity contribution in [2.75, 3.05) is 5.32 Å². The van der Waals surface area contributed by atoms with Gasteiger partial charge in [0.1, 0.15) is 6.04 Å². The molecule has 0 aliphatic heterocycles. The first-order valence-electron chi connectivity index (χ1n) is 11.3. The van der Waals surface area contributed by atoms with Crippen LogP contribution in [0.3, 0.4) is 0 Å². The number of anilines is 1. The van der Waals surface area contributed by atoms with Crippen LogP contribution < -0.4 is 10.6 Å². The first-order chi connectivity index (χ1) is 16.9. The molecule has 36 heavy (non-hydrogen) atoms. The Bertz CT molecular complexity index is 1280. The third-order valence-electron chi connectivity index (χ3n) is 5.82. The maximum atomic E-state index is 13.8. The van der Waals surface area contributed by atoms with Crippen LogP contribution in [0.2, 0.25) is 5.02 Å². The molecule has 3 aromatic rings. The van der Waals surface area contributed by atoms with Gasteiger partial charge in [-0.25, -0.2) is 0 Å². The lowest BCUT2D eigenvalue weighted by atomic mass is 9.97. The average Bonchev–Trinajstić information content (AvgIpc) is 2.83. The average molecular weight is 519 g/mol. The zero-order valence-corrected chi connectivity index (χ0v) is 20.7. The highest BCUT2D eigenvalue weighted by Crippen LogP contribution is 2.36. The minimum Gasteiger partial charge on any atom is -0.480 e. The van der Waals surface area contributed by atoms with Gasteiger partial charge in [0.2, 0.25) is 0 Å². The van der Waals surface area contributed by atoms with E-state index in [1.807, 2.05) is 38.1 Å². The zero-order valence-electron chi connectivity index (χ0n) is 19.9. The van der Waals surface area contributed by atoms with E-state index in [-0.39, 0.29) is 11.6 Å². The van der Waals surface area contributed by atoms with Crippen molar-refractivity contribution in [1.29, 1.82) is 0 Å². The van der Waals surface area contributed by atoms with Crippen molar-refractivity contribution in [3.05, 3.63) is 87.9 Å². The Labute approximate surface area is 212 Å². The lowest BCUT2D eigenvalue weighted by molar-refractivity contribution is -0.138. The van der Waals surface area contributed by atoms with E-state index in [9.17, 15) is 22.8 Å². The number of carbonyl (C=O) groups is 2. The summed E-state index contributed by atoms with van der Waals surface area (Å²) in [6.07, 6.45) is -4.05. The van der Waals surface area contributed by atoms with Crippen molar-refractivity contribution in [3.63, 3.8) is 0 Å². The number of hydrogen-bond donors (Lipinski definition) is 3. The Hall–Kier alpha value is -3.52. The molecule has 1 amide bonds. The monoisotopic (exact) mass is 518 g/mol. The normalized spacial score (nSPS) is 13.1. The molecule has 0 spiro atoms. The van der Waals surface area contributed by atoms with Crippen molar-refractivity contribution < 1.29 is 27.9 Å². The van der Waals surface area contributed by atoms with Crippen molar-refractivity contribution >= 4 is 29.2 Å². The molecular weight excluding hydrogens is 493 g/mol. The summed E-state index contributed by atoms with van der Waals surface area (Å²) in [6, 6.07) is 14.8. The number of carbonyl (C=O) groups excluding carboxylic acids is 1. The molecular formula is C27H26ClF3N2O3. The smallest absolute Gasteiger partial charge is 0.417 e. The van der Waals surface area contributed by atoms with E-state index >= 15 is 0 Å². The molecule has 0 aliphatic rings. The fraction of sp³-hybridized carbons (Fsp3) is 0.259. The fourth-order valence-corrected chi connectivity index (χ4v) is 3.91. The van der Waals surface area contributed by atoms with E-state index in [0.717, 1.165) is 35.4 Å². The number of alkyl halides is 3. The summed E-state index contributed by atoms with van der Waals surface area (Å²) in [5.74, 6) is -2.46. The van der Waals surface area contributed by atoms with Gasteiger partial charge in [-0.3, -0.25) is 9.59 Å². The molecule has 3 rings (SSSR count). The van der Waals surface area contributed by atoms with Gasteiger partial charge in [0.05, 0.1) is 17.2 Å².